The Bertz CT molecular complexity index is 1140. The lowest BCUT2D eigenvalue weighted by Crippen LogP contribution is -2.27. The fourth-order valence-electron chi connectivity index (χ4n) is 3.00. The highest BCUT2D eigenvalue weighted by Crippen LogP contribution is 2.36. The lowest BCUT2D eigenvalue weighted by atomic mass is 10.1. The van der Waals surface area contributed by atoms with Gasteiger partial charge in [0, 0.05) is 5.02 Å². The van der Waals surface area contributed by atoms with Crippen LogP contribution in [0.1, 0.15) is 16.7 Å². The summed E-state index contributed by atoms with van der Waals surface area (Å²) in [6.45, 7) is 2.50. The van der Waals surface area contributed by atoms with Gasteiger partial charge in [-0.05, 0) is 66.2 Å². The minimum Gasteiger partial charge on any atom is -0.489 e. The number of anilines is 1. The van der Waals surface area contributed by atoms with E-state index in [-0.39, 0.29) is 11.1 Å². The lowest BCUT2D eigenvalue weighted by molar-refractivity contribution is -0.113. The Morgan fingerprint density at radius 2 is 1.77 bits per heavy atom. The number of hydrogen-bond donors (Lipinski definition) is 0. The number of nitrogens with zero attached hydrogens (tertiary/aromatic N) is 1. The summed E-state index contributed by atoms with van der Waals surface area (Å²) in [5.41, 5.74) is 3.53. The molecule has 0 saturated carbocycles. The summed E-state index contributed by atoms with van der Waals surface area (Å²) in [6.07, 6.45) is 1.70. The molecule has 4 rings (SSSR count). The predicted molar refractivity (Wildman–Crippen MR) is 122 cm³/mol. The number of carbonyl (C=O) groups is 2. The zero-order valence-electron chi connectivity index (χ0n) is 16.2. The average Bonchev–Trinajstić information content (AvgIpc) is 3.01. The van der Waals surface area contributed by atoms with E-state index < -0.39 is 0 Å². The number of imide groups is 1. The molecule has 3 aromatic carbocycles. The van der Waals surface area contributed by atoms with Crippen LogP contribution in [0.2, 0.25) is 5.02 Å². The Balaban J connectivity index is 1.50. The van der Waals surface area contributed by atoms with Gasteiger partial charge < -0.3 is 4.74 Å². The van der Waals surface area contributed by atoms with Crippen molar-refractivity contribution in [3.63, 3.8) is 0 Å². The maximum absolute atomic E-state index is 12.8. The number of hydrogen-bond acceptors (Lipinski definition) is 4. The molecule has 0 aromatic heterocycles. The molecule has 6 heteroatoms. The topological polar surface area (TPSA) is 46.6 Å². The number of halogens is 1. The largest absolute Gasteiger partial charge is 0.489 e. The van der Waals surface area contributed by atoms with Crippen molar-refractivity contribution >= 4 is 46.3 Å². The first-order valence-corrected chi connectivity index (χ1v) is 10.5. The zero-order valence-corrected chi connectivity index (χ0v) is 17.7. The molecular weight excluding hydrogens is 418 g/mol. The van der Waals surface area contributed by atoms with Crippen molar-refractivity contribution < 1.29 is 14.3 Å². The Kier molecular flexibility index (Phi) is 5.93. The van der Waals surface area contributed by atoms with Gasteiger partial charge in [-0.2, -0.15) is 0 Å². The molecule has 2 amide bonds. The molecule has 0 bridgehead atoms. The molecule has 1 saturated heterocycles. The highest BCUT2D eigenvalue weighted by atomic mass is 35.5. The fraction of sp³-hybridized carbons (Fsp3) is 0.0833. The third kappa shape index (κ3) is 4.58. The van der Waals surface area contributed by atoms with Crippen molar-refractivity contribution in [2.24, 2.45) is 0 Å². The molecule has 3 aromatic rings. The quantitative estimate of drug-likeness (QED) is 0.431. The van der Waals surface area contributed by atoms with Crippen LogP contribution in [0.3, 0.4) is 0 Å². The minimum atomic E-state index is -0.363. The van der Waals surface area contributed by atoms with Crippen LogP contribution in [-0.2, 0) is 11.4 Å². The molecule has 0 aliphatic carbocycles. The SMILES string of the molecule is Cc1ccc(COc2cccc(/C=C3\SC(=O)N(c4cccc(Cl)c4)C3=O)c2)cc1. The molecule has 150 valence electrons. The van der Waals surface area contributed by atoms with Crippen LogP contribution < -0.4 is 9.64 Å². The van der Waals surface area contributed by atoms with Crippen molar-refractivity contribution in [2.45, 2.75) is 13.5 Å². The summed E-state index contributed by atoms with van der Waals surface area (Å²) >= 11 is 6.91. The van der Waals surface area contributed by atoms with Gasteiger partial charge in [0.05, 0.1) is 10.6 Å². The maximum atomic E-state index is 12.8. The monoisotopic (exact) mass is 435 g/mol. The molecule has 1 aliphatic heterocycles. The van der Waals surface area contributed by atoms with Gasteiger partial charge in [-0.1, -0.05) is 59.6 Å². The number of rotatable bonds is 5. The second kappa shape index (κ2) is 8.78. The van der Waals surface area contributed by atoms with Crippen molar-refractivity contribution in [3.05, 3.63) is 99.4 Å². The highest BCUT2D eigenvalue weighted by Gasteiger charge is 2.36. The third-order valence-corrected chi connectivity index (χ3v) is 5.65. The number of carbonyl (C=O) groups excluding carboxylic acids is 2. The van der Waals surface area contributed by atoms with Crippen molar-refractivity contribution in [1.29, 1.82) is 0 Å². The Hall–Kier alpha value is -3.02. The van der Waals surface area contributed by atoms with Gasteiger partial charge in [0.1, 0.15) is 12.4 Å². The number of aryl methyl sites for hydroxylation is 1. The fourth-order valence-corrected chi connectivity index (χ4v) is 4.03. The van der Waals surface area contributed by atoms with E-state index in [4.69, 9.17) is 16.3 Å². The molecule has 0 spiro atoms. The van der Waals surface area contributed by atoms with Crippen LogP contribution in [0.5, 0.6) is 5.75 Å². The van der Waals surface area contributed by atoms with Crippen LogP contribution in [0.15, 0.2) is 77.7 Å². The smallest absolute Gasteiger partial charge is 0.298 e. The Morgan fingerprint density at radius 3 is 2.53 bits per heavy atom. The van der Waals surface area contributed by atoms with Crippen molar-refractivity contribution in [2.75, 3.05) is 4.90 Å². The molecule has 1 heterocycles. The second-order valence-electron chi connectivity index (χ2n) is 6.84. The van der Waals surface area contributed by atoms with Crippen molar-refractivity contribution in [3.8, 4) is 5.75 Å². The van der Waals surface area contributed by atoms with Crippen LogP contribution in [-0.4, -0.2) is 11.1 Å². The van der Waals surface area contributed by atoms with Gasteiger partial charge >= 0.3 is 0 Å². The van der Waals surface area contributed by atoms with Gasteiger partial charge in [0.15, 0.2) is 0 Å². The summed E-state index contributed by atoms with van der Waals surface area (Å²) in [7, 11) is 0. The van der Waals surface area contributed by atoms with Gasteiger partial charge in [-0.25, -0.2) is 4.90 Å². The van der Waals surface area contributed by atoms with E-state index in [9.17, 15) is 9.59 Å². The normalized spacial score (nSPS) is 15.1. The molecule has 0 radical (unpaired) electrons. The summed E-state index contributed by atoms with van der Waals surface area (Å²) in [4.78, 5) is 26.7. The summed E-state index contributed by atoms with van der Waals surface area (Å²) in [6, 6.07) is 22.3. The highest BCUT2D eigenvalue weighted by molar-refractivity contribution is 8.19. The summed E-state index contributed by atoms with van der Waals surface area (Å²) < 4.78 is 5.88. The predicted octanol–water partition coefficient (Wildman–Crippen LogP) is 6.47. The van der Waals surface area contributed by atoms with E-state index in [1.54, 1.807) is 30.3 Å². The first-order valence-electron chi connectivity index (χ1n) is 9.31. The van der Waals surface area contributed by atoms with E-state index in [0.29, 0.717) is 28.0 Å². The Labute approximate surface area is 184 Å². The van der Waals surface area contributed by atoms with E-state index in [2.05, 4.69) is 0 Å². The molecule has 30 heavy (non-hydrogen) atoms. The molecular formula is C24H18ClNO3S. The van der Waals surface area contributed by atoms with E-state index >= 15 is 0 Å². The number of ether oxygens (including phenoxy) is 1. The maximum Gasteiger partial charge on any atom is 0.298 e. The molecule has 0 atom stereocenters. The molecule has 0 N–H and O–H groups in total. The summed E-state index contributed by atoms with van der Waals surface area (Å²) in [5.74, 6) is 0.330. The standard InChI is InChI=1S/C24H18ClNO3S/c1-16-8-10-17(11-9-16)15-29-21-7-2-4-18(12-21)13-22-23(27)26(24(28)30-22)20-6-3-5-19(25)14-20/h2-14H,15H2,1H3/b22-13-. The zero-order chi connectivity index (χ0) is 21.1. The first-order chi connectivity index (χ1) is 14.5. The average molecular weight is 436 g/mol. The van der Waals surface area contributed by atoms with Crippen LogP contribution in [0.4, 0.5) is 10.5 Å². The number of benzene rings is 3. The second-order valence-corrected chi connectivity index (χ2v) is 8.27. The van der Waals surface area contributed by atoms with Gasteiger partial charge in [0.2, 0.25) is 0 Å². The Morgan fingerprint density at radius 1 is 1.00 bits per heavy atom. The molecule has 4 nitrogen and oxygen atoms in total. The third-order valence-electron chi connectivity index (χ3n) is 4.54. The van der Waals surface area contributed by atoms with E-state index in [1.807, 2.05) is 55.5 Å². The first kappa shape index (κ1) is 20.3. The molecule has 1 aliphatic rings. The van der Waals surface area contributed by atoms with Gasteiger partial charge in [-0.15, -0.1) is 0 Å². The van der Waals surface area contributed by atoms with Gasteiger partial charge in [0.25, 0.3) is 11.1 Å². The lowest BCUT2D eigenvalue weighted by Gasteiger charge is -2.12. The molecule has 1 fully saturated rings. The molecule has 0 unspecified atom stereocenters. The van der Waals surface area contributed by atoms with Crippen LogP contribution in [0.25, 0.3) is 6.08 Å². The van der Waals surface area contributed by atoms with Crippen molar-refractivity contribution in [1.82, 2.24) is 0 Å². The van der Waals surface area contributed by atoms with Crippen LogP contribution in [0, 0.1) is 6.92 Å². The summed E-state index contributed by atoms with van der Waals surface area (Å²) in [5, 5.41) is 0.120. The number of amides is 2. The van der Waals surface area contributed by atoms with Gasteiger partial charge in [-0.3, -0.25) is 9.59 Å². The van der Waals surface area contributed by atoms with E-state index in [0.717, 1.165) is 27.8 Å². The number of thioether (sulfide) groups is 1. The van der Waals surface area contributed by atoms with E-state index in [1.165, 1.54) is 5.56 Å². The minimum absolute atomic E-state index is 0.347. The van der Waals surface area contributed by atoms with Crippen LogP contribution >= 0.6 is 23.4 Å².